The summed E-state index contributed by atoms with van der Waals surface area (Å²) in [6.45, 7) is 3.18. The van der Waals surface area contributed by atoms with Crippen LogP contribution in [0.2, 0.25) is 0 Å². The summed E-state index contributed by atoms with van der Waals surface area (Å²) in [6, 6.07) is 19.7. The van der Waals surface area contributed by atoms with Crippen molar-refractivity contribution in [2.75, 3.05) is 38.5 Å². The minimum atomic E-state index is -0.587. The number of fused-ring (bicyclic) bond motifs is 3. The van der Waals surface area contributed by atoms with Gasteiger partial charge in [0.05, 0.1) is 11.1 Å². The highest BCUT2D eigenvalue weighted by atomic mass is 19.1. The zero-order valence-electron chi connectivity index (χ0n) is 23.6. The molecule has 1 aliphatic heterocycles. The molecule has 5 aromatic rings. The zero-order valence-corrected chi connectivity index (χ0v) is 23.6. The molecule has 0 spiro atoms. The number of hydrogen-bond acceptors (Lipinski definition) is 5. The quantitative estimate of drug-likeness (QED) is 0.238. The molecule has 0 radical (unpaired) electrons. The van der Waals surface area contributed by atoms with E-state index in [0.717, 1.165) is 40.6 Å². The number of amides is 3. The van der Waals surface area contributed by atoms with Crippen LogP contribution >= 0.6 is 0 Å². The Morgan fingerprint density at radius 3 is 2.30 bits per heavy atom. The van der Waals surface area contributed by atoms with Gasteiger partial charge in [-0.25, -0.2) is 4.39 Å². The van der Waals surface area contributed by atoms with Crippen LogP contribution in [-0.4, -0.2) is 65.7 Å². The van der Waals surface area contributed by atoms with Crippen molar-refractivity contribution in [3.8, 4) is 11.1 Å². The van der Waals surface area contributed by atoms with Crippen LogP contribution in [0.4, 0.5) is 10.1 Å². The number of rotatable bonds is 6. The normalized spacial score (nSPS) is 13.9. The number of aromatic nitrogens is 1. The van der Waals surface area contributed by atoms with E-state index in [1.807, 2.05) is 42.3 Å². The third kappa shape index (κ3) is 5.33. The number of nitrogens with one attached hydrogen (secondary N) is 2. The fourth-order valence-corrected chi connectivity index (χ4v) is 5.65. The van der Waals surface area contributed by atoms with Gasteiger partial charge in [0.25, 0.3) is 17.7 Å². The van der Waals surface area contributed by atoms with Crippen molar-refractivity contribution in [3.05, 3.63) is 101 Å². The fourth-order valence-electron chi connectivity index (χ4n) is 5.65. The minimum absolute atomic E-state index is 0.0426. The molecule has 0 bridgehead atoms. The maximum Gasteiger partial charge on any atom is 0.255 e. The lowest BCUT2D eigenvalue weighted by molar-refractivity contribution is 0.0664. The Morgan fingerprint density at radius 2 is 1.60 bits per heavy atom. The van der Waals surface area contributed by atoms with Crippen molar-refractivity contribution in [1.82, 2.24) is 14.8 Å². The first-order valence-electron chi connectivity index (χ1n) is 14.0. The van der Waals surface area contributed by atoms with E-state index < -0.39 is 11.7 Å². The summed E-state index contributed by atoms with van der Waals surface area (Å²) < 4.78 is 13.4. The Kier molecular flexibility index (Phi) is 7.39. The van der Waals surface area contributed by atoms with Gasteiger partial charge in [0.1, 0.15) is 5.82 Å². The Labute approximate surface area is 247 Å². The number of halogens is 1. The molecule has 0 atom stereocenters. The number of carbonyl (C=O) groups is 3. The lowest BCUT2D eigenvalue weighted by Gasteiger charge is -2.32. The second-order valence-electron chi connectivity index (χ2n) is 10.8. The molecule has 1 saturated heterocycles. The monoisotopic (exact) mass is 578 g/mol. The van der Waals surface area contributed by atoms with Crippen LogP contribution in [0.5, 0.6) is 0 Å². The Bertz CT molecular complexity index is 1890. The molecule has 218 valence electrons. The highest BCUT2D eigenvalue weighted by Gasteiger charge is 2.23. The Hall–Kier alpha value is -5.06. The van der Waals surface area contributed by atoms with E-state index in [-0.39, 0.29) is 18.4 Å². The van der Waals surface area contributed by atoms with E-state index in [1.54, 1.807) is 18.2 Å². The number of likely N-dealkylation sites (N-methyl/N-ethyl adjacent to an activating group) is 1. The van der Waals surface area contributed by atoms with Crippen LogP contribution in [0.25, 0.3) is 32.9 Å². The molecule has 3 amide bonds. The number of nitrogens with two attached hydrogens (primary N) is 2. The van der Waals surface area contributed by atoms with Crippen LogP contribution in [0, 0.1) is 5.82 Å². The lowest BCUT2D eigenvalue weighted by atomic mass is 9.93. The van der Waals surface area contributed by atoms with E-state index in [2.05, 4.69) is 15.2 Å². The van der Waals surface area contributed by atoms with Crippen LogP contribution in [0.3, 0.4) is 0 Å². The molecule has 6 rings (SSSR count). The highest BCUT2D eigenvalue weighted by Crippen LogP contribution is 2.39. The zero-order chi connectivity index (χ0) is 30.2. The molecule has 0 saturated carbocycles. The predicted molar refractivity (Wildman–Crippen MR) is 165 cm³/mol. The number of H-pyrrole nitrogens is 1. The maximum atomic E-state index is 13.4. The molecule has 0 aliphatic carbocycles. The van der Waals surface area contributed by atoms with Crippen molar-refractivity contribution < 1.29 is 18.8 Å². The van der Waals surface area contributed by atoms with Crippen LogP contribution in [0.1, 0.15) is 36.6 Å². The molecule has 1 aliphatic rings. The fraction of sp³-hybridized carbons (Fsp3) is 0.182. The van der Waals surface area contributed by atoms with Gasteiger partial charge in [-0.05, 0) is 78.3 Å². The van der Waals surface area contributed by atoms with Gasteiger partial charge in [0.2, 0.25) is 0 Å². The largest absolute Gasteiger partial charge is 0.366 e. The minimum Gasteiger partial charge on any atom is -0.366 e. The first-order chi connectivity index (χ1) is 20.7. The summed E-state index contributed by atoms with van der Waals surface area (Å²) in [6.07, 6.45) is 0. The van der Waals surface area contributed by atoms with Crippen molar-refractivity contribution in [3.63, 3.8) is 0 Å². The number of carbonyl (C=O) groups excluding carboxylic acids is 3. The average molecular weight is 579 g/mol. The second kappa shape index (κ2) is 11.3. The molecular formula is C33H31FN6O3. The van der Waals surface area contributed by atoms with Gasteiger partial charge in [-0.15, -0.1) is 0 Å². The molecule has 6 N–H and O–H groups in total. The summed E-state index contributed by atoms with van der Waals surface area (Å²) in [4.78, 5) is 46.0. The topological polar surface area (TPSA) is 138 Å². The van der Waals surface area contributed by atoms with Gasteiger partial charge in [-0.3, -0.25) is 14.4 Å². The molecule has 0 unspecified atom stereocenters. The Balaban J connectivity index is 1.45. The van der Waals surface area contributed by atoms with Crippen molar-refractivity contribution in [1.29, 1.82) is 0 Å². The van der Waals surface area contributed by atoms with Gasteiger partial charge in [-0.1, -0.05) is 18.2 Å². The first-order valence-corrected chi connectivity index (χ1v) is 14.0. The van der Waals surface area contributed by atoms with Gasteiger partial charge in [0.15, 0.2) is 0 Å². The molecule has 1 fully saturated rings. The standard InChI is InChI=1S/C33H31FN6O3/c1-39-12-14-40(15-13-39)33(43)20-5-9-25-28(16-20)38-30-26(31(36)41)11-10-24(29(25)30)27-17-23(8-4-21(27)18-35)37-32(42)19-2-6-22(34)7-3-19/h2-11,16-17,38H,12-15,18,35H2,1H3,(H2,36,41)(H,37,42). The van der Waals surface area contributed by atoms with Gasteiger partial charge >= 0.3 is 0 Å². The van der Waals surface area contributed by atoms with Crippen molar-refractivity contribution in [2.45, 2.75) is 6.54 Å². The smallest absolute Gasteiger partial charge is 0.255 e. The summed E-state index contributed by atoms with van der Waals surface area (Å²) in [5.41, 5.74) is 17.2. The molecule has 4 aromatic carbocycles. The van der Waals surface area contributed by atoms with E-state index >= 15 is 0 Å². The number of anilines is 1. The van der Waals surface area contributed by atoms with Crippen LogP contribution in [-0.2, 0) is 6.54 Å². The van der Waals surface area contributed by atoms with Crippen LogP contribution < -0.4 is 16.8 Å². The van der Waals surface area contributed by atoms with E-state index in [9.17, 15) is 18.8 Å². The molecule has 2 heterocycles. The third-order valence-electron chi connectivity index (χ3n) is 8.04. The number of piperazine rings is 1. The molecule has 1 aromatic heterocycles. The Morgan fingerprint density at radius 1 is 0.884 bits per heavy atom. The predicted octanol–water partition coefficient (Wildman–Crippen LogP) is 4.32. The highest BCUT2D eigenvalue weighted by molar-refractivity contribution is 6.20. The summed E-state index contributed by atoms with van der Waals surface area (Å²) in [5.74, 6) is -1.44. The van der Waals surface area contributed by atoms with Crippen molar-refractivity contribution >= 4 is 45.2 Å². The van der Waals surface area contributed by atoms with E-state index in [1.165, 1.54) is 24.3 Å². The average Bonchev–Trinajstić information content (AvgIpc) is 3.39. The molecule has 43 heavy (non-hydrogen) atoms. The third-order valence-corrected chi connectivity index (χ3v) is 8.04. The second-order valence-corrected chi connectivity index (χ2v) is 10.8. The van der Waals surface area contributed by atoms with Crippen LogP contribution in [0.15, 0.2) is 72.8 Å². The summed E-state index contributed by atoms with van der Waals surface area (Å²) in [5, 5.41) is 4.44. The maximum absolute atomic E-state index is 13.4. The number of primary amides is 1. The van der Waals surface area contributed by atoms with Gasteiger partial charge in [0, 0.05) is 65.8 Å². The molecular weight excluding hydrogens is 547 g/mol. The van der Waals surface area contributed by atoms with E-state index in [4.69, 9.17) is 11.5 Å². The summed E-state index contributed by atoms with van der Waals surface area (Å²) >= 11 is 0. The first kappa shape index (κ1) is 28.1. The SMILES string of the molecule is CN1CCN(C(=O)c2ccc3c(c2)[nH]c2c(C(N)=O)ccc(-c4cc(NC(=O)c5ccc(F)cc5)ccc4CN)c23)CC1. The number of aromatic amines is 1. The lowest BCUT2D eigenvalue weighted by Crippen LogP contribution is -2.47. The van der Waals surface area contributed by atoms with Crippen molar-refractivity contribution in [2.24, 2.45) is 11.5 Å². The number of nitrogens with zero attached hydrogens (tertiary/aromatic N) is 2. The van der Waals surface area contributed by atoms with Gasteiger partial charge < -0.3 is 31.6 Å². The molecule has 10 heteroatoms. The van der Waals surface area contributed by atoms with E-state index in [0.29, 0.717) is 46.5 Å². The summed E-state index contributed by atoms with van der Waals surface area (Å²) in [7, 11) is 2.04. The number of benzene rings is 4. The number of hydrogen-bond donors (Lipinski definition) is 4. The van der Waals surface area contributed by atoms with Gasteiger partial charge in [-0.2, -0.15) is 0 Å². The molecule has 9 nitrogen and oxygen atoms in total.